The highest BCUT2D eigenvalue weighted by Gasteiger charge is 2.22. The van der Waals surface area contributed by atoms with Gasteiger partial charge in [-0.2, -0.15) is 0 Å². The van der Waals surface area contributed by atoms with Gasteiger partial charge < -0.3 is 24.1 Å². The fourth-order valence-corrected chi connectivity index (χ4v) is 2.79. The first-order chi connectivity index (χ1) is 12.2. The normalized spacial score (nSPS) is 17.5. The molecule has 0 saturated heterocycles. The van der Waals surface area contributed by atoms with Crippen LogP contribution in [-0.4, -0.2) is 19.3 Å². The SMILES string of the molecule is COc1ccc(C(O)C2=COC=C(CC3=CC=CCC3)O2)cc1OC. The lowest BCUT2D eigenvalue weighted by Crippen LogP contribution is -2.10. The van der Waals surface area contributed by atoms with Crippen LogP contribution in [-0.2, 0) is 9.47 Å². The fraction of sp³-hybridized carbons (Fsp3) is 0.300. The van der Waals surface area contributed by atoms with Crippen LogP contribution in [0.3, 0.4) is 0 Å². The van der Waals surface area contributed by atoms with E-state index in [-0.39, 0.29) is 0 Å². The van der Waals surface area contributed by atoms with Gasteiger partial charge in [-0.1, -0.05) is 29.9 Å². The second kappa shape index (κ2) is 7.94. The summed E-state index contributed by atoms with van der Waals surface area (Å²) in [6, 6.07) is 5.24. The lowest BCUT2D eigenvalue weighted by molar-refractivity contribution is 0.107. The molecule has 0 aromatic heterocycles. The Balaban J connectivity index is 1.70. The van der Waals surface area contributed by atoms with Gasteiger partial charge in [0.25, 0.3) is 0 Å². The van der Waals surface area contributed by atoms with Crippen LogP contribution >= 0.6 is 0 Å². The topological polar surface area (TPSA) is 57.2 Å². The molecule has 1 aromatic carbocycles. The van der Waals surface area contributed by atoms with Gasteiger partial charge in [0.05, 0.1) is 14.2 Å². The van der Waals surface area contributed by atoms with E-state index in [1.165, 1.54) is 11.8 Å². The molecular formula is C20H22O5. The average molecular weight is 342 g/mol. The molecule has 1 N–H and O–H groups in total. The van der Waals surface area contributed by atoms with Crippen LogP contribution in [0.5, 0.6) is 11.5 Å². The van der Waals surface area contributed by atoms with Crippen molar-refractivity contribution in [2.45, 2.75) is 25.4 Å². The van der Waals surface area contributed by atoms with Gasteiger partial charge in [0.2, 0.25) is 0 Å². The molecule has 0 bridgehead atoms. The van der Waals surface area contributed by atoms with Crippen LogP contribution in [0, 0.1) is 0 Å². The standard InChI is InChI=1S/C20H22O5/c1-22-17-9-8-15(11-18(17)23-2)20(21)19-13-24-12-16(25-19)10-14-6-4-3-5-7-14/h3-4,6,8-9,11-13,20-21H,5,7,10H2,1-2H3. The zero-order chi connectivity index (χ0) is 17.6. The molecule has 1 heterocycles. The molecule has 1 aliphatic carbocycles. The van der Waals surface area contributed by atoms with E-state index in [2.05, 4.69) is 18.2 Å². The maximum Gasteiger partial charge on any atom is 0.172 e. The maximum absolute atomic E-state index is 10.6. The number of aliphatic hydroxyl groups excluding tert-OH is 1. The first kappa shape index (κ1) is 17.2. The van der Waals surface area contributed by atoms with Gasteiger partial charge in [-0.15, -0.1) is 0 Å². The van der Waals surface area contributed by atoms with Crippen LogP contribution in [0.2, 0.25) is 0 Å². The number of benzene rings is 1. The summed E-state index contributed by atoms with van der Waals surface area (Å²) in [7, 11) is 3.13. The van der Waals surface area contributed by atoms with Crippen LogP contribution < -0.4 is 9.47 Å². The third-order valence-corrected chi connectivity index (χ3v) is 4.13. The Morgan fingerprint density at radius 3 is 2.72 bits per heavy atom. The van der Waals surface area contributed by atoms with Crippen molar-refractivity contribution < 1.29 is 24.1 Å². The van der Waals surface area contributed by atoms with Crippen molar-refractivity contribution in [3.63, 3.8) is 0 Å². The van der Waals surface area contributed by atoms with E-state index in [0.29, 0.717) is 35.0 Å². The lowest BCUT2D eigenvalue weighted by Gasteiger charge is -2.22. The Hall–Kier alpha value is -2.66. The molecule has 0 spiro atoms. The fourth-order valence-electron chi connectivity index (χ4n) is 2.79. The van der Waals surface area contributed by atoms with Gasteiger partial charge in [-0.05, 0) is 30.5 Å². The summed E-state index contributed by atoms with van der Waals surface area (Å²) in [4.78, 5) is 0. The number of ether oxygens (including phenoxy) is 4. The summed E-state index contributed by atoms with van der Waals surface area (Å²) >= 11 is 0. The van der Waals surface area contributed by atoms with Gasteiger partial charge in [0, 0.05) is 6.42 Å². The predicted molar refractivity (Wildman–Crippen MR) is 93.9 cm³/mol. The van der Waals surface area contributed by atoms with Crippen molar-refractivity contribution in [2.24, 2.45) is 0 Å². The second-order valence-electron chi connectivity index (χ2n) is 5.83. The molecule has 0 fully saturated rings. The van der Waals surface area contributed by atoms with E-state index < -0.39 is 6.10 Å². The molecule has 1 unspecified atom stereocenters. The van der Waals surface area contributed by atoms with Gasteiger partial charge in [0.15, 0.2) is 17.3 Å². The monoisotopic (exact) mass is 342 g/mol. The number of aliphatic hydroxyl groups is 1. The summed E-state index contributed by atoms with van der Waals surface area (Å²) in [5.74, 6) is 2.17. The number of methoxy groups -OCH3 is 2. The van der Waals surface area contributed by atoms with Crippen LogP contribution in [0.1, 0.15) is 30.9 Å². The zero-order valence-corrected chi connectivity index (χ0v) is 14.4. The highest BCUT2D eigenvalue weighted by molar-refractivity contribution is 5.44. The number of hydrogen-bond acceptors (Lipinski definition) is 5. The molecule has 0 saturated carbocycles. The van der Waals surface area contributed by atoms with E-state index in [0.717, 1.165) is 12.8 Å². The Bertz CT molecular complexity index is 742. The first-order valence-electron chi connectivity index (χ1n) is 8.18. The highest BCUT2D eigenvalue weighted by Crippen LogP contribution is 2.35. The maximum atomic E-state index is 10.6. The van der Waals surface area contributed by atoms with Crippen molar-refractivity contribution in [3.05, 3.63) is 71.6 Å². The molecule has 0 radical (unpaired) electrons. The Morgan fingerprint density at radius 2 is 2.00 bits per heavy atom. The molecule has 1 aliphatic heterocycles. The molecule has 3 rings (SSSR count). The minimum Gasteiger partial charge on any atom is -0.493 e. The third-order valence-electron chi connectivity index (χ3n) is 4.13. The van der Waals surface area contributed by atoms with E-state index in [9.17, 15) is 5.11 Å². The molecule has 0 amide bonds. The summed E-state index contributed by atoms with van der Waals surface area (Å²) < 4.78 is 21.7. The Labute approximate surface area is 147 Å². The molecule has 132 valence electrons. The van der Waals surface area contributed by atoms with Gasteiger partial charge >= 0.3 is 0 Å². The molecule has 5 nitrogen and oxygen atoms in total. The zero-order valence-electron chi connectivity index (χ0n) is 14.4. The second-order valence-corrected chi connectivity index (χ2v) is 5.83. The Morgan fingerprint density at radius 1 is 1.16 bits per heavy atom. The predicted octanol–water partition coefficient (Wildman–Crippen LogP) is 4.13. The quantitative estimate of drug-likeness (QED) is 0.842. The molecule has 25 heavy (non-hydrogen) atoms. The minimum absolute atomic E-state index is 0.344. The molecule has 2 aliphatic rings. The average Bonchev–Trinajstić information content (AvgIpc) is 2.68. The van der Waals surface area contributed by atoms with Crippen molar-refractivity contribution in [1.29, 1.82) is 0 Å². The van der Waals surface area contributed by atoms with E-state index >= 15 is 0 Å². The van der Waals surface area contributed by atoms with Crippen molar-refractivity contribution >= 4 is 0 Å². The molecular weight excluding hydrogens is 320 g/mol. The largest absolute Gasteiger partial charge is 0.493 e. The smallest absolute Gasteiger partial charge is 0.172 e. The van der Waals surface area contributed by atoms with Gasteiger partial charge in [0.1, 0.15) is 24.4 Å². The highest BCUT2D eigenvalue weighted by atomic mass is 16.6. The summed E-state index contributed by atoms with van der Waals surface area (Å²) in [6.45, 7) is 0. The van der Waals surface area contributed by atoms with Crippen LogP contribution in [0.15, 0.2) is 66.0 Å². The molecule has 5 heteroatoms. The van der Waals surface area contributed by atoms with E-state index in [1.807, 2.05) is 0 Å². The molecule has 1 aromatic rings. The summed E-state index contributed by atoms with van der Waals surface area (Å²) in [5.41, 5.74) is 1.91. The van der Waals surface area contributed by atoms with Crippen molar-refractivity contribution in [3.8, 4) is 11.5 Å². The van der Waals surface area contributed by atoms with E-state index in [1.54, 1.807) is 38.7 Å². The van der Waals surface area contributed by atoms with E-state index in [4.69, 9.17) is 18.9 Å². The first-order valence-corrected chi connectivity index (χ1v) is 8.18. The Kier molecular flexibility index (Phi) is 5.46. The van der Waals surface area contributed by atoms with Crippen LogP contribution in [0.4, 0.5) is 0 Å². The summed E-state index contributed by atoms with van der Waals surface area (Å²) in [5, 5.41) is 10.6. The third kappa shape index (κ3) is 4.06. The van der Waals surface area contributed by atoms with Crippen LogP contribution in [0.25, 0.3) is 0 Å². The van der Waals surface area contributed by atoms with Crippen molar-refractivity contribution in [2.75, 3.05) is 14.2 Å². The van der Waals surface area contributed by atoms with Gasteiger partial charge in [-0.25, -0.2) is 0 Å². The molecule has 1 atom stereocenters. The number of hydrogen-bond donors (Lipinski definition) is 1. The number of rotatable bonds is 6. The minimum atomic E-state index is -0.955. The number of allylic oxidation sites excluding steroid dienone is 4. The lowest BCUT2D eigenvalue weighted by atomic mass is 10.0. The van der Waals surface area contributed by atoms with Gasteiger partial charge in [-0.3, -0.25) is 0 Å². The summed E-state index contributed by atoms with van der Waals surface area (Å²) in [6.07, 6.45) is 11.0. The van der Waals surface area contributed by atoms with Crippen molar-refractivity contribution in [1.82, 2.24) is 0 Å².